The Morgan fingerprint density at radius 2 is 1.76 bits per heavy atom. The molecule has 0 aromatic heterocycles. The van der Waals surface area contributed by atoms with Crippen molar-refractivity contribution in [2.75, 3.05) is 6.61 Å². The van der Waals surface area contributed by atoms with Crippen LogP contribution >= 0.6 is 0 Å². The molecule has 2 atom stereocenters. The van der Waals surface area contributed by atoms with Gasteiger partial charge in [0.25, 0.3) is 0 Å². The van der Waals surface area contributed by atoms with Crippen molar-refractivity contribution in [3.63, 3.8) is 0 Å². The second-order valence-corrected chi connectivity index (χ2v) is 5.90. The molecule has 3 rings (SSSR count). The number of aryl methyl sites for hydroxylation is 1. The highest BCUT2D eigenvalue weighted by Crippen LogP contribution is 2.43. The summed E-state index contributed by atoms with van der Waals surface area (Å²) in [6.45, 7) is 3.08. The number of fused-ring (bicyclic) bond motifs is 1. The van der Waals surface area contributed by atoms with Crippen molar-refractivity contribution in [3.05, 3.63) is 71.3 Å². The molecule has 0 N–H and O–H groups in total. The molecule has 2 unspecified atom stereocenters. The molecule has 0 aliphatic heterocycles. The first-order chi connectivity index (χ1) is 10.4. The molecular weight excluding hydrogens is 256 g/mol. The Morgan fingerprint density at radius 1 is 1.00 bits per heavy atom. The van der Waals surface area contributed by atoms with Gasteiger partial charge in [-0.1, -0.05) is 67.9 Å². The number of ether oxygens (including phenoxy) is 1. The van der Waals surface area contributed by atoms with E-state index in [2.05, 4.69) is 61.5 Å². The fourth-order valence-corrected chi connectivity index (χ4v) is 3.32. The predicted molar refractivity (Wildman–Crippen MR) is 87.5 cm³/mol. The number of hydrogen-bond donors (Lipinski definition) is 0. The van der Waals surface area contributed by atoms with E-state index in [1.165, 1.54) is 29.5 Å². The van der Waals surface area contributed by atoms with Crippen LogP contribution in [0.3, 0.4) is 0 Å². The van der Waals surface area contributed by atoms with Gasteiger partial charge in [0.1, 0.15) is 0 Å². The van der Waals surface area contributed by atoms with Crippen LogP contribution < -0.4 is 0 Å². The second kappa shape index (κ2) is 6.91. The monoisotopic (exact) mass is 280 g/mol. The lowest BCUT2D eigenvalue weighted by Crippen LogP contribution is -2.22. The van der Waals surface area contributed by atoms with Gasteiger partial charge in [-0.3, -0.25) is 0 Å². The Kier molecular flexibility index (Phi) is 4.72. The van der Waals surface area contributed by atoms with Crippen LogP contribution in [0.4, 0.5) is 0 Å². The fraction of sp³-hybridized carbons (Fsp3) is 0.400. The highest BCUT2D eigenvalue weighted by molar-refractivity contribution is 5.36. The Morgan fingerprint density at radius 3 is 2.57 bits per heavy atom. The van der Waals surface area contributed by atoms with Crippen molar-refractivity contribution >= 4 is 0 Å². The van der Waals surface area contributed by atoms with E-state index in [1.54, 1.807) is 0 Å². The van der Waals surface area contributed by atoms with E-state index in [9.17, 15) is 0 Å². The van der Waals surface area contributed by atoms with Crippen LogP contribution in [0, 0.1) is 0 Å². The third-order valence-corrected chi connectivity index (χ3v) is 4.47. The number of hydrogen-bond acceptors (Lipinski definition) is 1. The number of benzene rings is 2. The zero-order valence-corrected chi connectivity index (χ0v) is 12.8. The van der Waals surface area contributed by atoms with E-state index in [4.69, 9.17) is 4.74 Å². The molecule has 0 fully saturated rings. The summed E-state index contributed by atoms with van der Waals surface area (Å²) in [5, 5.41) is 0. The smallest absolute Gasteiger partial charge is 0.0896 e. The molecule has 1 aliphatic carbocycles. The molecular formula is C20H24O. The molecule has 110 valence electrons. The summed E-state index contributed by atoms with van der Waals surface area (Å²) in [6.07, 6.45) is 4.87. The zero-order valence-electron chi connectivity index (χ0n) is 12.8. The van der Waals surface area contributed by atoms with Gasteiger partial charge in [0.2, 0.25) is 0 Å². The lowest BCUT2D eigenvalue weighted by Gasteiger charge is -2.34. The molecule has 0 saturated heterocycles. The van der Waals surface area contributed by atoms with Gasteiger partial charge in [0.15, 0.2) is 0 Å². The molecule has 0 heterocycles. The van der Waals surface area contributed by atoms with E-state index in [-0.39, 0.29) is 6.10 Å². The van der Waals surface area contributed by atoms with Gasteiger partial charge in [-0.15, -0.1) is 0 Å². The van der Waals surface area contributed by atoms with Gasteiger partial charge in [-0.2, -0.15) is 0 Å². The van der Waals surface area contributed by atoms with Gasteiger partial charge in [-0.25, -0.2) is 0 Å². The van der Waals surface area contributed by atoms with Crippen LogP contribution in [-0.2, 0) is 11.2 Å². The summed E-state index contributed by atoms with van der Waals surface area (Å²) in [6, 6.07) is 19.6. The molecule has 2 aromatic rings. The van der Waals surface area contributed by atoms with E-state index >= 15 is 0 Å². The quantitative estimate of drug-likeness (QED) is 0.677. The Balaban J connectivity index is 1.89. The predicted octanol–water partition coefficient (Wildman–Crippen LogP) is 5.27. The minimum Gasteiger partial charge on any atom is -0.373 e. The molecule has 0 saturated carbocycles. The maximum Gasteiger partial charge on any atom is 0.0896 e. The first-order valence-electron chi connectivity index (χ1n) is 8.14. The number of rotatable bonds is 5. The lowest BCUT2D eigenvalue weighted by molar-refractivity contribution is 0.0240. The van der Waals surface area contributed by atoms with Crippen LogP contribution in [0.1, 0.15) is 54.9 Å². The van der Waals surface area contributed by atoms with Crippen molar-refractivity contribution in [1.82, 2.24) is 0 Å². The summed E-state index contributed by atoms with van der Waals surface area (Å²) < 4.78 is 6.32. The second-order valence-electron chi connectivity index (χ2n) is 5.90. The summed E-state index contributed by atoms with van der Waals surface area (Å²) in [5.74, 6) is 0.484. The van der Waals surface area contributed by atoms with E-state index in [1.807, 2.05) is 0 Å². The summed E-state index contributed by atoms with van der Waals surface area (Å²) >= 11 is 0. The summed E-state index contributed by atoms with van der Waals surface area (Å²) in [7, 11) is 0. The molecule has 2 aromatic carbocycles. The minimum atomic E-state index is 0.212. The maximum atomic E-state index is 6.32. The van der Waals surface area contributed by atoms with E-state index in [0.717, 1.165) is 19.4 Å². The third-order valence-electron chi connectivity index (χ3n) is 4.47. The molecule has 0 radical (unpaired) electrons. The van der Waals surface area contributed by atoms with Gasteiger partial charge in [0.05, 0.1) is 6.10 Å². The summed E-state index contributed by atoms with van der Waals surface area (Å²) in [5.41, 5.74) is 4.27. The molecule has 1 heteroatoms. The molecule has 1 nitrogen and oxygen atoms in total. The SMILES string of the molecule is CCCCOC1c2ccccc2CCC1c1ccccc1. The Hall–Kier alpha value is -1.60. The van der Waals surface area contributed by atoms with E-state index < -0.39 is 0 Å². The molecule has 0 bridgehead atoms. The average Bonchev–Trinajstić information content (AvgIpc) is 2.56. The van der Waals surface area contributed by atoms with Gasteiger partial charge < -0.3 is 4.74 Å². The number of unbranched alkanes of at least 4 members (excludes halogenated alkanes) is 1. The third kappa shape index (κ3) is 3.19. The highest BCUT2D eigenvalue weighted by Gasteiger charge is 2.30. The maximum absolute atomic E-state index is 6.32. The zero-order chi connectivity index (χ0) is 14.5. The van der Waals surface area contributed by atoms with Crippen molar-refractivity contribution < 1.29 is 4.74 Å². The van der Waals surface area contributed by atoms with Crippen molar-refractivity contribution in [2.24, 2.45) is 0 Å². The molecule has 1 aliphatic rings. The topological polar surface area (TPSA) is 9.23 Å². The van der Waals surface area contributed by atoms with Crippen molar-refractivity contribution in [1.29, 1.82) is 0 Å². The molecule has 0 spiro atoms. The van der Waals surface area contributed by atoms with Gasteiger partial charge in [-0.05, 0) is 36.0 Å². The molecule has 21 heavy (non-hydrogen) atoms. The Labute approximate surface area is 128 Å². The van der Waals surface area contributed by atoms with Crippen LogP contribution in [-0.4, -0.2) is 6.61 Å². The summed E-state index contributed by atoms with van der Waals surface area (Å²) in [4.78, 5) is 0. The lowest BCUT2D eigenvalue weighted by atomic mass is 9.78. The fourth-order valence-electron chi connectivity index (χ4n) is 3.32. The van der Waals surface area contributed by atoms with Crippen LogP contribution in [0.15, 0.2) is 54.6 Å². The highest BCUT2D eigenvalue weighted by atomic mass is 16.5. The van der Waals surface area contributed by atoms with Crippen LogP contribution in [0.25, 0.3) is 0 Å². The van der Waals surface area contributed by atoms with Crippen LogP contribution in [0.5, 0.6) is 0 Å². The van der Waals surface area contributed by atoms with E-state index in [0.29, 0.717) is 5.92 Å². The first-order valence-corrected chi connectivity index (χ1v) is 8.14. The Bertz CT molecular complexity index is 561. The standard InChI is InChI=1S/C20H24O/c1-2-3-15-21-20-18-12-8-7-11-17(18)13-14-19(20)16-9-5-4-6-10-16/h4-12,19-20H,2-3,13-15H2,1H3. The van der Waals surface area contributed by atoms with Crippen molar-refractivity contribution in [2.45, 2.75) is 44.6 Å². The minimum absolute atomic E-state index is 0.212. The molecule has 0 amide bonds. The van der Waals surface area contributed by atoms with Crippen LogP contribution in [0.2, 0.25) is 0 Å². The largest absolute Gasteiger partial charge is 0.373 e. The van der Waals surface area contributed by atoms with Crippen molar-refractivity contribution in [3.8, 4) is 0 Å². The average molecular weight is 280 g/mol. The van der Waals surface area contributed by atoms with Gasteiger partial charge >= 0.3 is 0 Å². The van der Waals surface area contributed by atoms with Gasteiger partial charge in [0, 0.05) is 12.5 Å². The normalized spacial score (nSPS) is 21.0. The first kappa shape index (κ1) is 14.3.